The molecular formula is C7H19N3. The molecule has 0 aliphatic carbocycles. The first-order chi connectivity index (χ1) is 4.54. The first-order valence-electron chi connectivity index (χ1n) is 3.64. The van der Waals surface area contributed by atoms with E-state index in [2.05, 4.69) is 23.9 Å². The summed E-state index contributed by atoms with van der Waals surface area (Å²) in [5.41, 5.74) is 5.63. The Labute approximate surface area is 63.8 Å². The van der Waals surface area contributed by atoms with Crippen LogP contribution in [0.25, 0.3) is 0 Å². The standard InChI is InChI=1S/C7H19N3/c1-7(8)10(4)6-5-9(2)3/h7H,5-6,8H2,1-4H3. The average molecular weight is 145 g/mol. The molecule has 0 aromatic heterocycles. The van der Waals surface area contributed by atoms with Crippen molar-refractivity contribution >= 4 is 0 Å². The van der Waals surface area contributed by atoms with Gasteiger partial charge in [-0.2, -0.15) is 0 Å². The summed E-state index contributed by atoms with van der Waals surface area (Å²) in [4.78, 5) is 4.28. The number of nitrogens with zero attached hydrogens (tertiary/aromatic N) is 2. The lowest BCUT2D eigenvalue weighted by Crippen LogP contribution is -2.40. The molecule has 0 amide bonds. The van der Waals surface area contributed by atoms with Gasteiger partial charge in [-0.3, -0.25) is 4.90 Å². The van der Waals surface area contributed by atoms with E-state index in [9.17, 15) is 0 Å². The van der Waals surface area contributed by atoms with Gasteiger partial charge in [-0.15, -0.1) is 0 Å². The molecule has 0 aliphatic heterocycles. The maximum Gasteiger partial charge on any atom is 0.0540 e. The van der Waals surface area contributed by atoms with Gasteiger partial charge in [-0.1, -0.05) is 0 Å². The summed E-state index contributed by atoms with van der Waals surface area (Å²) in [6, 6.07) is 0. The van der Waals surface area contributed by atoms with E-state index >= 15 is 0 Å². The fourth-order valence-electron chi connectivity index (χ4n) is 0.561. The first kappa shape index (κ1) is 9.88. The lowest BCUT2D eigenvalue weighted by molar-refractivity contribution is 0.233. The third kappa shape index (κ3) is 4.73. The van der Waals surface area contributed by atoms with Crippen molar-refractivity contribution in [3.63, 3.8) is 0 Å². The molecule has 3 heteroatoms. The molecule has 0 aromatic carbocycles. The summed E-state index contributed by atoms with van der Waals surface area (Å²) in [6.07, 6.45) is 0.167. The fourth-order valence-corrected chi connectivity index (χ4v) is 0.561. The predicted molar refractivity (Wildman–Crippen MR) is 44.8 cm³/mol. The van der Waals surface area contributed by atoms with Gasteiger partial charge in [0.25, 0.3) is 0 Å². The Bertz CT molecular complexity index is 80.9. The quantitative estimate of drug-likeness (QED) is 0.555. The van der Waals surface area contributed by atoms with Crippen LogP contribution >= 0.6 is 0 Å². The normalized spacial score (nSPS) is 14.7. The molecule has 0 saturated heterocycles. The highest BCUT2D eigenvalue weighted by Gasteiger charge is 2.01. The Hall–Kier alpha value is -0.120. The van der Waals surface area contributed by atoms with Crippen molar-refractivity contribution in [1.29, 1.82) is 0 Å². The highest BCUT2D eigenvalue weighted by atomic mass is 15.2. The van der Waals surface area contributed by atoms with E-state index in [1.165, 1.54) is 0 Å². The van der Waals surface area contributed by atoms with Crippen LogP contribution in [0.5, 0.6) is 0 Å². The van der Waals surface area contributed by atoms with Gasteiger partial charge in [0.15, 0.2) is 0 Å². The van der Waals surface area contributed by atoms with Crippen LogP contribution in [0, 0.1) is 0 Å². The second kappa shape index (κ2) is 4.66. The molecule has 0 rings (SSSR count). The summed E-state index contributed by atoms with van der Waals surface area (Å²) in [5.74, 6) is 0. The largest absolute Gasteiger partial charge is 0.316 e. The molecule has 0 radical (unpaired) electrons. The lowest BCUT2D eigenvalue weighted by atomic mass is 10.4. The number of hydrogen-bond acceptors (Lipinski definition) is 3. The summed E-state index contributed by atoms with van der Waals surface area (Å²) in [5, 5.41) is 0. The minimum atomic E-state index is 0.167. The Morgan fingerprint density at radius 1 is 1.20 bits per heavy atom. The molecule has 2 N–H and O–H groups in total. The summed E-state index contributed by atoms with van der Waals surface area (Å²) in [6.45, 7) is 4.10. The van der Waals surface area contributed by atoms with Gasteiger partial charge in [-0.05, 0) is 28.1 Å². The summed E-state index contributed by atoms with van der Waals surface area (Å²) >= 11 is 0. The SMILES string of the molecule is CC(N)N(C)CCN(C)C. The molecule has 0 fully saturated rings. The first-order valence-corrected chi connectivity index (χ1v) is 3.64. The van der Waals surface area contributed by atoms with E-state index < -0.39 is 0 Å². The van der Waals surface area contributed by atoms with Crippen molar-refractivity contribution in [3.05, 3.63) is 0 Å². The zero-order valence-corrected chi connectivity index (χ0v) is 7.46. The molecule has 3 nitrogen and oxygen atoms in total. The lowest BCUT2D eigenvalue weighted by Gasteiger charge is -2.22. The van der Waals surface area contributed by atoms with Gasteiger partial charge in [0.2, 0.25) is 0 Å². The molecule has 0 saturated carbocycles. The highest BCUT2D eigenvalue weighted by Crippen LogP contribution is 1.86. The smallest absolute Gasteiger partial charge is 0.0540 e. The van der Waals surface area contributed by atoms with Crippen LogP contribution in [0.2, 0.25) is 0 Å². The highest BCUT2D eigenvalue weighted by molar-refractivity contribution is 4.56. The number of rotatable bonds is 4. The van der Waals surface area contributed by atoms with Crippen LogP contribution in [0.3, 0.4) is 0 Å². The van der Waals surface area contributed by atoms with Crippen molar-refractivity contribution in [2.75, 3.05) is 34.2 Å². The van der Waals surface area contributed by atoms with Gasteiger partial charge < -0.3 is 10.6 Å². The zero-order valence-electron chi connectivity index (χ0n) is 7.46. The molecule has 1 unspecified atom stereocenters. The van der Waals surface area contributed by atoms with Crippen molar-refractivity contribution in [2.45, 2.75) is 13.1 Å². The van der Waals surface area contributed by atoms with Crippen LogP contribution in [-0.4, -0.2) is 50.2 Å². The Morgan fingerprint density at radius 3 is 2.00 bits per heavy atom. The summed E-state index contributed by atoms with van der Waals surface area (Å²) in [7, 11) is 6.16. The Morgan fingerprint density at radius 2 is 1.70 bits per heavy atom. The van der Waals surface area contributed by atoms with E-state index in [1.807, 2.05) is 14.0 Å². The van der Waals surface area contributed by atoms with E-state index in [-0.39, 0.29) is 6.17 Å². The van der Waals surface area contributed by atoms with E-state index in [1.54, 1.807) is 0 Å². The zero-order chi connectivity index (χ0) is 8.15. The molecule has 0 bridgehead atoms. The topological polar surface area (TPSA) is 32.5 Å². The van der Waals surface area contributed by atoms with Crippen molar-refractivity contribution in [2.24, 2.45) is 5.73 Å². The minimum Gasteiger partial charge on any atom is -0.316 e. The minimum absolute atomic E-state index is 0.167. The second-order valence-corrected chi connectivity index (χ2v) is 3.02. The predicted octanol–water partition coefficient (Wildman–Crippen LogP) is -0.215. The van der Waals surface area contributed by atoms with Gasteiger partial charge >= 0.3 is 0 Å². The number of likely N-dealkylation sites (N-methyl/N-ethyl adjacent to an activating group) is 2. The van der Waals surface area contributed by atoms with Crippen LogP contribution in [0.15, 0.2) is 0 Å². The Kier molecular flexibility index (Phi) is 4.60. The monoisotopic (exact) mass is 145 g/mol. The van der Waals surface area contributed by atoms with Crippen LogP contribution < -0.4 is 5.73 Å². The number of nitrogens with two attached hydrogens (primary N) is 1. The molecule has 0 heterocycles. The van der Waals surface area contributed by atoms with E-state index in [0.717, 1.165) is 13.1 Å². The van der Waals surface area contributed by atoms with Crippen LogP contribution in [-0.2, 0) is 0 Å². The average Bonchev–Trinajstić information content (AvgIpc) is 1.82. The van der Waals surface area contributed by atoms with Gasteiger partial charge in [0.05, 0.1) is 6.17 Å². The molecular weight excluding hydrogens is 126 g/mol. The molecule has 0 spiro atoms. The molecule has 0 aromatic rings. The van der Waals surface area contributed by atoms with Crippen molar-refractivity contribution < 1.29 is 0 Å². The van der Waals surface area contributed by atoms with Gasteiger partial charge in [-0.25, -0.2) is 0 Å². The van der Waals surface area contributed by atoms with Crippen molar-refractivity contribution in [1.82, 2.24) is 9.80 Å². The number of hydrogen-bond donors (Lipinski definition) is 1. The van der Waals surface area contributed by atoms with Crippen molar-refractivity contribution in [3.8, 4) is 0 Å². The van der Waals surface area contributed by atoms with Gasteiger partial charge in [0.1, 0.15) is 0 Å². The maximum atomic E-state index is 5.63. The molecule has 1 atom stereocenters. The van der Waals surface area contributed by atoms with E-state index in [0.29, 0.717) is 0 Å². The molecule has 0 aliphatic rings. The second-order valence-electron chi connectivity index (χ2n) is 3.02. The van der Waals surface area contributed by atoms with Gasteiger partial charge in [0, 0.05) is 13.1 Å². The van der Waals surface area contributed by atoms with E-state index in [4.69, 9.17) is 5.73 Å². The third-order valence-electron chi connectivity index (χ3n) is 1.60. The summed E-state index contributed by atoms with van der Waals surface area (Å²) < 4.78 is 0. The third-order valence-corrected chi connectivity index (χ3v) is 1.60. The fraction of sp³-hybridized carbons (Fsp3) is 1.00. The Balaban J connectivity index is 3.30. The van der Waals surface area contributed by atoms with Crippen LogP contribution in [0.1, 0.15) is 6.92 Å². The maximum absolute atomic E-state index is 5.63. The molecule has 62 valence electrons. The van der Waals surface area contributed by atoms with Crippen LogP contribution in [0.4, 0.5) is 0 Å². The molecule has 10 heavy (non-hydrogen) atoms.